The molecule has 2 aromatic rings. The quantitative estimate of drug-likeness (QED) is 0.861. The molecule has 0 unspecified atom stereocenters. The Labute approximate surface area is 165 Å². The Balaban J connectivity index is 1.42. The fraction of sp³-hybridized carbons (Fsp3) is 0.500. The summed E-state index contributed by atoms with van der Waals surface area (Å²) in [6.07, 6.45) is 7.67. The zero-order valence-electron chi connectivity index (χ0n) is 15.5. The maximum Gasteiger partial charge on any atom is 0.242 e. The van der Waals surface area contributed by atoms with Gasteiger partial charge in [0.1, 0.15) is 18.1 Å². The Hall–Kier alpha value is -2.21. The minimum atomic E-state index is 0.225. The van der Waals surface area contributed by atoms with Crippen molar-refractivity contribution in [3.63, 3.8) is 0 Å². The fourth-order valence-electron chi connectivity index (χ4n) is 3.91. The second kappa shape index (κ2) is 8.21. The van der Waals surface area contributed by atoms with Crippen LogP contribution in [0.15, 0.2) is 30.6 Å². The van der Waals surface area contributed by atoms with Crippen LogP contribution in [0.2, 0.25) is 5.02 Å². The van der Waals surface area contributed by atoms with Gasteiger partial charge in [0, 0.05) is 36.9 Å². The smallest absolute Gasteiger partial charge is 0.242 e. The van der Waals surface area contributed by atoms with Gasteiger partial charge in [0.2, 0.25) is 5.88 Å². The Morgan fingerprint density at radius 1 is 1.00 bits per heavy atom. The van der Waals surface area contributed by atoms with Crippen LogP contribution in [0.1, 0.15) is 32.1 Å². The van der Waals surface area contributed by atoms with E-state index in [1.165, 1.54) is 19.3 Å². The van der Waals surface area contributed by atoms with E-state index in [-0.39, 0.29) is 6.10 Å². The van der Waals surface area contributed by atoms with Crippen LogP contribution in [-0.4, -0.2) is 42.3 Å². The van der Waals surface area contributed by atoms with Gasteiger partial charge in [-0.15, -0.1) is 0 Å². The molecule has 1 aliphatic carbocycles. The zero-order valence-corrected chi connectivity index (χ0v) is 16.2. The van der Waals surface area contributed by atoms with Gasteiger partial charge in [-0.1, -0.05) is 24.1 Å². The summed E-state index contributed by atoms with van der Waals surface area (Å²) in [7, 11) is 0. The molecule has 27 heavy (non-hydrogen) atoms. The number of nitrogen functional groups attached to an aromatic ring is 1. The van der Waals surface area contributed by atoms with Gasteiger partial charge in [-0.25, -0.2) is 4.98 Å². The molecule has 6 nitrogen and oxygen atoms in total. The van der Waals surface area contributed by atoms with Crippen LogP contribution in [-0.2, 0) is 0 Å². The first-order chi connectivity index (χ1) is 13.2. The number of aromatic nitrogens is 2. The SMILES string of the molecule is Nc1c(OC2CCCCC2)ncnc1N1CCN(c2cccc(Cl)c2)CC1. The second-order valence-corrected chi connectivity index (χ2v) is 7.68. The predicted octanol–water partition coefficient (Wildman–Crippen LogP) is 3.75. The van der Waals surface area contributed by atoms with Crippen LogP contribution in [0.3, 0.4) is 0 Å². The van der Waals surface area contributed by atoms with Crippen molar-refractivity contribution in [1.29, 1.82) is 0 Å². The van der Waals surface area contributed by atoms with Crippen LogP contribution < -0.4 is 20.3 Å². The van der Waals surface area contributed by atoms with Crippen molar-refractivity contribution in [3.8, 4) is 5.88 Å². The third kappa shape index (κ3) is 4.21. The molecule has 1 aromatic carbocycles. The third-order valence-corrected chi connectivity index (χ3v) is 5.64. The number of benzene rings is 1. The lowest BCUT2D eigenvalue weighted by Crippen LogP contribution is -2.47. The molecule has 0 amide bonds. The van der Waals surface area contributed by atoms with Crippen LogP contribution in [0.4, 0.5) is 17.2 Å². The minimum Gasteiger partial charge on any atom is -0.473 e. The summed E-state index contributed by atoms with van der Waals surface area (Å²) >= 11 is 6.12. The highest BCUT2D eigenvalue weighted by Gasteiger charge is 2.23. The number of ether oxygens (including phenoxy) is 1. The molecule has 0 bridgehead atoms. The molecule has 2 N–H and O–H groups in total. The normalized spacial score (nSPS) is 18.6. The molecular weight excluding hydrogens is 362 g/mol. The first-order valence-corrected chi connectivity index (χ1v) is 10.1. The highest BCUT2D eigenvalue weighted by Crippen LogP contribution is 2.32. The molecule has 1 saturated heterocycles. The van der Waals surface area contributed by atoms with E-state index in [0.717, 1.165) is 55.5 Å². The van der Waals surface area contributed by atoms with E-state index >= 15 is 0 Å². The highest BCUT2D eigenvalue weighted by atomic mass is 35.5. The van der Waals surface area contributed by atoms with Gasteiger partial charge in [0.15, 0.2) is 5.82 Å². The summed E-state index contributed by atoms with van der Waals surface area (Å²) in [6, 6.07) is 7.99. The van der Waals surface area contributed by atoms with Gasteiger partial charge in [-0.2, -0.15) is 4.98 Å². The maximum absolute atomic E-state index is 6.37. The highest BCUT2D eigenvalue weighted by molar-refractivity contribution is 6.30. The zero-order chi connectivity index (χ0) is 18.6. The number of piperazine rings is 1. The standard InChI is InChI=1S/C20H26ClN5O/c21-15-5-4-6-16(13-15)25-9-11-26(12-10-25)19-18(22)20(24-14-23-19)27-17-7-2-1-3-8-17/h4-6,13-14,17H,1-3,7-12,22H2. The lowest BCUT2D eigenvalue weighted by molar-refractivity contribution is 0.149. The predicted molar refractivity (Wildman–Crippen MR) is 110 cm³/mol. The summed E-state index contributed by atoms with van der Waals surface area (Å²) in [5, 5.41) is 0.763. The Kier molecular flexibility index (Phi) is 5.53. The molecule has 0 radical (unpaired) electrons. The summed E-state index contributed by atoms with van der Waals surface area (Å²) in [4.78, 5) is 13.3. The lowest BCUT2D eigenvalue weighted by Gasteiger charge is -2.37. The van der Waals surface area contributed by atoms with Crippen molar-refractivity contribution in [3.05, 3.63) is 35.6 Å². The number of hydrogen-bond donors (Lipinski definition) is 1. The van der Waals surface area contributed by atoms with Crippen molar-refractivity contribution < 1.29 is 4.74 Å². The lowest BCUT2D eigenvalue weighted by atomic mass is 9.98. The Morgan fingerprint density at radius 2 is 1.74 bits per heavy atom. The van der Waals surface area contributed by atoms with E-state index < -0.39 is 0 Å². The molecule has 0 atom stereocenters. The number of hydrogen-bond acceptors (Lipinski definition) is 6. The number of nitrogens with two attached hydrogens (primary N) is 1. The van der Waals surface area contributed by atoms with Crippen molar-refractivity contribution in [2.75, 3.05) is 41.7 Å². The Bertz CT molecular complexity index is 773. The molecule has 2 fully saturated rings. The summed E-state index contributed by atoms with van der Waals surface area (Å²) in [6.45, 7) is 3.47. The van der Waals surface area contributed by atoms with Gasteiger partial charge in [-0.3, -0.25) is 0 Å². The van der Waals surface area contributed by atoms with E-state index in [2.05, 4.69) is 25.8 Å². The van der Waals surface area contributed by atoms with Gasteiger partial charge < -0.3 is 20.3 Å². The number of halogens is 1. The number of anilines is 3. The van der Waals surface area contributed by atoms with Gasteiger partial charge in [-0.05, 0) is 43.9 Å². The van der Waals surface area contributed by atoms with Gasteiger partial charge >= 0.3 is 0 Å². The molecule has 1 aliphatic heterocycles. The average molecular weight is 388 g/mol. The monoisotopic (exact) mass is 387 g/mol. The van der Waals surface area contributed by atoms with Crippen LogP contribution >= 0.6 is 11.6 Å². The van der Waals surface area contributed by atoms with E-state index in [1.807, 2.05) is 18.2 Å². The van der Waals surface area contributed by atoms with Crippen LogP contribution in [0.5, 0.6) is 5.88 Å². The largest absolute Gasteiger partial charge is 0.473 e. The fourth-order valence-corrected chi connectivity index (χ4v) is 4.09. The maximum atomic E-state index is 6.37. The first kappa shape index (κ1) is 18.2. The molecule has 2 heterocycles. The van der Waals surface area contributed by atoms with Crippen LogP contribution in [0, 0.1) is 0 Å². The van der Waals surface area contributed by atoms with E-state index in [1.54, 1.807) is 6.33 Å². The summed E-state index contributed by atoms with van der Waals surface area (Å²) in [5.74, 6) is 1.31. The third-order valence-electron chi connectivity index (χ3n) is 5.41. The molecular formula is C20H26ClN5O. The molecule has 2 aliphatic rings. The molecule has 1 aromatic heterocycles. The molecule has 4 rings (SSSR count). The molecule has 1 saturated carbocycles. The van der Waals surface area contributed by atoms with E-state index in [4.69, 9.17) is 22.1 Å². The van der Waals surface area contributed by atoms with Crippen molar-refractivity contribution in [2.24, 2.45) is 0 Å². The average Bonchev–Trinajstić information content (AvgIpc) is 2.71. The van der Waals surface area contributed by atoms with E-state index in [0.29, 0.717) is 11.6 Å². The summed E-state index contributed by atoms with van der Waals surface area (Å²) < 4.78 is 6.09. The summed E-state index contributed by atoms with van der Waals surface area (Å²) in [5.41, 5.74) is 8.08. The van der Waals surface area contributed by atoms with Gasteiger partial charge in [0.05, 0.1) is 0 Å². The molecule has 0 spiro atoms. The van der Waals surface area contributed by atoms with Gasteiger partial charge in [0.25, 0.3) is 0 Å². The van der Waals surface area contributed by atoms with E-state index in [9.17, 15) is 0 Å². The topological polar surface area (TPSA) is 67.5 Å². The molecule has 7 heteroatoms. The first-order valence-electron chi connectivity index (χ1n) is 9.73. The minimum absolute atomic E-state index is 0.225. The Morgan fingerprint density at radius 3 is 2.48 bits per heavy atom. The molecule has 144 valence electrons. The van der Waals surface area contributed by atoms with Crippen molar-refractivity contribution in [1.82, 2.24) is 9.97 Å². The van der Waals surface area contributed by atoms with Crippen molar-refractivity contribution in [2.45, 2.75) is 38.2 Å². The number of rotatable bonds is 4. The number of nitrogens with zero attached hydrogens (tertiary/aromatic N) is 4. The van der Waals surface area contributed by atoms with Crippen molar-refractivity contribution >= 4 is 28.8 Å². The van der Waals surface area contributed by atoms with Crippen LogP contribution in [0.25, 0.3) is 0 Å². The second-order valence-electron chi connectivity index (χ2n) is 7.25.